The Morgan fingerprint density at radius 3 is 1.58 bits per heavy atom. The molecule has 4 aromatic rings. The maximum atomic E-state index is 13.6. The van der Waals surface area contributed by atoms with Gasteiger partial charge in [-0.15, -0.1) is 0 Å². The lowest BCUT2D eigenvalue weighted by molar-refractivity contribution is 0.0980. The third kappa shape index (κ3) is 3.37. The molecular weight excluding hydrogens is 408 g/mol. The monoisotopic (exact) mass is 424 g/mol. The van der Waals surface area contributed by atoms with Crippen molar-refractivity contribution in [2.75, 3.05) is 10.6 Å². The van der Waals surface area contributed by atoms with Crippen LogP contribution in [0.5, 0.6) is 0 Å². The molecule has 31 heavy (non-hydrogen) atoms. The lowest BCUT2D eigenvalue weighted by Gasteiger charge is -2.24. The van der Waals surface area contributed by atoms with Crippen LogP contribution in [0.2, 0.25) is 5.02 Å². The fourth-order valence-electron chi connectivity index (χ4n) is 3.84. The molecule has 4 aromatic carbocycles. The van der Waals surface area contributed by atoms with Crippen molar-refractivity contribution < 1.29 is 9.59 Å². The van der Waals surface area contributed by atoms with Gasteiger partial charge in [0.2, 0.25) is 0 Å². The molecular formula is C26H17ClN2O2. The molecule has 0 saturated carbocycles. The maximum absolute atomic E-state index is 13.6. The van der Waals surface area contributed by atoms with Gasteiger partial charge < -0.3 is 10.6 Å². The molecule has 0 aliphatic heterocycles. The Hall–Kier alpha value is -3.89. The van der Waals surface area contributed by atoms with Gasteiger partial charge in [0.25, 0.3) is 0 Å². The van der Waals surface area contributed by atoms with Crippen molar-refractivity contribution in [1.29, 1.82) is 0 Å². The molecule has 4 nitrogen and oxygen atoms in total. The van der Waals surface area contributed by atoms with E-state index in [1.54, 1.807) is 18.2 Å². The summed E-state index contributed by atoms with van der Waals surface area (Å²) < 4.78 is 0. The van der Waals surface area contributed by atoms with Crippen LogP contribution < -0.4 is 10.6 Å². The number of nitrogens with one attached hydrogen (secondary N) is 2. The van der Waals surface area contributed by atoms with Gasteiger partial charge in [-0.1, -0.05) is 60.1 Å². The highest BCUT2D eigenvalue weighted by atomic mass is 35.5. The van der Waals surface area contributed by atoms with Crippen molar-refractivity contribution in [2.45, 2.75) is 0 Å². The van der Waals surface area contributed by atoms with Crippen LogP contribution >= 0.6 is 11.6 Å². The van der Waals surface area contributed by atoms with Gasteiger partial charge in [-0.05, 0) is 42.5 Å². The van der Waals surface area contributed by atoms with Gasteiger partial charge in [0.1, 0.15) is 0 Å². The highest BCUT2D eigenvalue weighted by Crippen LogP contribution is 2.40. The molecule has 0 spiro atoms. The minimum Gasteiger partial charge on any atom is -0.355 e. The molecule has 0 fully saturated rings. The van der Waals surface area contributed by atoms with Gasteiger partial charge in [0.05, 0.1) is 33.1 Å². The van der Waals surface area contributed by atoms with E-state index in [1.165, 1.54) is 0 Å². The Morgan fingerprint density at radius 1 is 0.516 bits per heavy atom. The van der Waals surface area contributed by atoms with E-state index in [-0.39, 0.29) is 22.2 Å². The van der Waals surface area contributed by atoms with E-state index in [9.17, 15) is 9.59 Å². The van der Waals surface area contributed by atoms with Crippen LogP contribution in [-0.4, -0.2) is 11.6 Å². The Labute approximate surface area is 184 Å². The Kier molecular flexibility index (Phi) is 4.77. The van der Waals surface area contributed by atoms with E-state index in [1.807, 2.05) is 72.8 Å². The quantitative estimate of drug-likeness (QED) is 0.341. The summed E-state index contributed by atoms with van der Waals surface area (Å²) >= 11 is 6.34. The lowest BCUT2D eigenvalue weighted by atomic mass is 9.82. The third-order valence-electron chi connectivity index (χ3n) is 5.25. The largest absolute Gasteiger partial charge is 0.355 e. The molecule has 2 N–H and O–H groups in total. The SMILES string of the molecule is O=C1c2cccc(Cl)c2C(=O)c2c(Nc3ccccc3)ccc(Nc3ccccc3)c21. The highest BCUT2D eigenvalue weighted by molar-refractivity contribution is 6.40. The van der Waals surface area contributed by atoms with E-state index < -0.39 is 0 Å². The first-order chi connectivity index (χ1) is 15.1. The first-order valence-electron chi connectivity index (χ1n) is 9.82. The van der Waals surface area contributed by atoms with Crippen LogP contribution in [0.3, 0.4) is 0 Å². The molecule has 0 amide bonds. The fraction of sp³-hybridized carbons (Fsp3) is 0. The molecule has 1 aliphatic rings. The summed E-state index contributed by atoms with van der Waals surface area (Å²) in [5.74, 6) is -0.507. The van der Waals surface area contributed by atoms with Gasteiger partial charge >= 0.3 is 0 Å². The molecule has 0 radical (unpaired) electrons. The summed E-state index contributed by atoms with van der Waals surface area (Å²) in [6.07, 6.45) is 0. The first kappa shape index (κ1) is 19.1. The Balaban J connectivity index is 1.71. The highest BCUT2D eigenvalue weighted by Gasteiger charge is 2.35. The summed E-state index contributed by atoms with van der Waals surface area (Å²) in [6, 6.07) is 27.7. The van der Waals surface area contributed by atoms with E-state index in [0.717, 1.165) is 11.4 Å². The molecule has 150 valence electrons. The molecule has 0 atom stereocenters. The van der Waals surface area contributed by atoms with Crippen molar-refractivity contribution in [3.63, 3.8) is 0 Å². The summed E-state index contributed by atoms with van der Waals surface area (Å²) in [5.41, 5.74) is 3.99. The molecule has 5 heteroatoms. The second kappa shape index (κ2) is 7.74. The zero-order chi connectivity index (χ0) is 21.4. The number of anilines is 4. The van der Waals surface area contributed by atoms with Gasteiger partial charge in [-0.3, -0.25) is 9.59 Å². The summed E-state index contributed by atoms with van der Waals surface area (Å²) in [5, 5.41) is 6.84. The molecule has 0 unspecified atom stereocenters. The Morgan fingerprint density at radius 2 is 1.03 bits per heavy atom. The van der Waals surface area contributed by atoms with E-state index in [0.29, 0.717) is 28.1 Å². The minimum absolute atomic E-state index is 0.234. The van der Waals surface area contributed by atoms with Gasteiger partial charge in [0.15, 0.2) is 11.6 Å². The fourth-order valence-corrected chi connectivity index (χ4v) is 4.10. The molecule has 0 heterocycles. The zero-order valence-corrected chi connectivity index (χ0v) is 17.1. The van der Waals surface area contributed by atoms with Crippen molar-refractivity contribution in [1.82, 2.24) is 0 Å². The van der Waals surface area contributed by atoms with Gasteiger partial charge in [-0.25, -0.2) is 0 Å². The maximum Gasteiger partial charge on any atom is 0.198 e. The Bertz CT molecular complexity index is 1320. The van der Waals surface area contributed by atoms with Crippen LogP contribution in [0.1, 0.15) is 31.8 Å². The molecule has 0 bridgehead atoms. The minimum atomic E-state index is -0.273. The standard InChI is InChI=1S/C26H17ClN2O2/c27-19-13-7-12-18-22(19)26(31)24-21(29-17-10-5-2-6-11-17)15-14-20(23(24)25(18)30)28-16-8-3-1-4-9-16/h1-15,28-29H. The van der Waals surface area contributed by atoms with Crippen LogP contribution in [0.25, 0.3) is 0 Å². The summed E-state index contributed by atoms with van der Waals surface area (Å²) in [4.78, 5) is 27.1. The van der Waals surface area contributed by atoms with E-state index in [2.05, 4.69) is 10.6 Å². The number of para-hydroxylation sites is 2. The average molecular weight is 425 g/mol. The number of carbonyl (C=O) groups is 2. The smallest absolute Gasteiger partial charge is 0.198 e. The predicted octanol–water partition coefficient (Wildman–Crippen LogP) is 6.60. The lowest BCUT2D eigenvalue weighted by Crippen LogP contribution is -2.24. The third-order valence-corrected chi connectivity index (χ3v) is 5.57. The number of fused-ring (bicyclic) bond motifs is 2. The summed E-state index contributed by atoms with van der Waals surface area (Å²) in [7, 11) is 0. The molecule has 5 rings (SSSR count). The molecule has 0 saturated heterocycles. The van der Waals surface area contributed by atoms with Crippen molar-refractivity contribution >= 4 is 45.9 Å². The van der Waals surface area contributed by atoms with Crippen molar-refractivity contribution in [2.24, 2.45) is 0 Å². The average Bonchev–Trinajstić information content (AvgIpc) is 2.79. The number of halogens is 1. The normalized spacial score (nSPS) is 12.2. The van der Waals surface area contributed by atoms with Crippen LogP contribution in [-0.2, 0) is 0 Å². The second-order valence-electron chi connectivity index (χ2n) is 7.21. The van der Waals surface area contributed by atoms with Crippen molar-refractivity contribution in [3.8, 4) is 0 Å². The molecule has 0 aromatic heterocycles. The second-order valence-corrected chi connectivity index (χ2v) is 7.62. The van der Waals surface area contributed by atoms with E-state index >= 15 is 0 Å². The molecule has 1 aliphatic carbocycles. The number of rotatable bonds is 4. The summed E-state index contributed by atoms with van der Waals surface area (Å²) in [6.45, 7) is 0. The van der Waals surface area contributed by atoms with Crippen LogP contribution in [0.15, 0.2) is 91.0 Å². The number of hydrogen-bond acceptors (Lipinski definition) is 4. The van der Waals surface area contributed by atoms with Gasteiger partial charge in [-0.2, -0.15) is 0 Å². The van der Waals surface area contributed by atoms with Crippen LogP contribution in [0, 0.1) is 0 Å². The van der Waals surface area contributed by atoms with Crippen molar-refractivity contribution in [3.05, 3.63) is 118 Å². The topological polar surface area (TPSA) is 58.2 Å². The zero-order valence-electron chi connectivity index (χ0n) is 16.4. The van der Waals surface area contributed by atoms with Crippen LogP contribution in [0.4, 0.5) is 22.7 Å². The first-order valence-corrected chi connectivity index (χ1v) is 10.2. The number of carbonyl (C=O) groups excluding carboxylic acids is 2. The van der Waals surface area contributed by atoms with E-state index in [4.69, 9.17) is 11.6 Å². The number of benzene rings is 4. The number of ketones is 2. The van der Waals surface area contributed by atoms with Gasteiger partial charge in [0, 0.05) is 16.9 Å². The predicted molar refractivity (Wildman–Crippen MR) is 124 cm³/mol. The number of hydrogen-bond donors (Lipinski definition) is 2.